The number of hydrogen-bond donors (Lipinski definition) is 0. The van der Waals surface area contributed by atoms with E-state index in [0.717, 1.165) is 5.92 Å². The molecule has 2 atom stereocenters. The first-order chi connectivity index (χ1) is 5.05. The van der Waals surface area contributed by atoms with E-state index in [9.17, 15) is 0 Å². The summed E-state index contributed by atoms with van der Waals surface area (Å²) in [6.45, 7) is 6.94. The van der Waals surface area contributed by atoms with Crippen LogP contribution < -0.4 is 0 Å². The van der Waals surface area contributed by atoms with Gasteiger partial charge in [-0.3, -0.25) is 0 Å². The largest absolute Gasteiger partial charge is 0.381 e. The minimum Gasteiger partial charge on any atom is -0.381 e. The maximum absolute atomic E-state index is 5.45. The molecule has 0 radical (unpaired) electrons. The van der Waals surface area contributed by atoms with Crippen LogP contribution in [0.15, 0.2) is 0 Å². The highest BCUT2D eigenvalue weighted by molar-refractivity contribution is 4.86. The molecule has 1 aliphatic carbocycles. The molecule has 1 fully saturated rings. The zero-order valence-electron chi connectivity index (χ0n) is 8.18. The molecule has 0 aromatic heterocycles. The quantitative estimate of drug-likeness (QED) is 0.567. The third-order valence-electron chi connectivity index (χ3n) is 2.87. The molecule has 0 amide bonds. The summed E-state index contributed by atoms with van der Waals surface area (Å²) in [4.78, 5) is 0. The first kappa shape index (κ1) is 9.05. The van der Waals surface area contributed by atoms with Crippen molar-refractivity contribution in [2.24, 2.45) is 11.3 Å². The van der Waals surface area contributed by atoms with E-state index in [4.69, 9.17) is 4.74 Å². The van der Waals surface area contributed by atoms with Gasteiger partial charge < -0.3 is 4.74 Å². The summed E-state index contributed by atoms with van der Waals surface area (Å²) in [5.74, 6) is 0.771. The van der Waals surface area contributed by atoms with E-state index in [0.29, 0.717) is 11.5 Å². The van der Waals surface area contributed by atoms with Crippen molar-refractivity contribution in [3.63, 3.8) is 0 Å². The van der Waals surface area contributed by atoms with Gasteiger partial charge in [-0.15, -0.1) is 0 Å². The molecule has 0 aromatic carbocycles. The standard InChI is InChI=1S/C10H20O/c1-10(2,3)8-6-5-7-9(8)11-4/h8-9H,5-7H2,1-4H3/t8-,9+/m1/s1. The Balaban J connectivity index is 2.57. The van der Waals surface area contributed by atoms with Crippen LogP contribution in [-0.2, 0) is 4.74 Å². The van der Waals surface area contributed by atoms with E-state index in [-0.39, 0.29) is 0 Å². The van der Waals surface area contributed by atoms with Gasteiger partial charge in [-0.1, -0.05) is 27.2 Å². The summed E-state index contributed by atoms with van der Waals surface area (Å²) in [5, 5.41) is 0. The molecule has 0 heterocycles. The molecule has 66 valence electrons. The van der Waals surface area contributed by atoms with Gasteiger partial charge in [0.15, 0.2) is 0 Å². The van der Waals surface area contributed by atoms with Gasteiger partial charge in [0.25, 0.3) is 0 Å². The third-order valence-corrected chi connectivity index (χ3v) is 2.87. The Morgan fingerprint density at radius 1 is 1.18 bits per heavy atom. The van der Waals surface area contributed by atoms with Crippen molar-refractivity contribution in [2.75, 3.05) is 7.11 Å². The Kier molecular flexibility index (Phi) is 2.58. The SMILES string of the molecule is CO[C@H]1CCC[C@H]1C(C)(C)C. The van der Waals surface area contributed by atoms with Crippen molar-refractivity contribution in [3.05, 3.63) is 0 Å². The molecule has 0 spiro atoms. The van der Waals surface area contributed by atoms with Crippen LogP contribution in [0.3, 0.4) is 0 Å². The first-order valence-electron chi connectivity index (χ1n) is 4.58. The lowest BCUT2D eigenvalue weighted by atomic mass is 9.78. The van der Waals surface area contributed by atoms with E-state index in [1.165, 1.54) is 19.3 Å². The average Bonchev–Trinajstić information content (AvgIpc) is 2.31. The summed E-state index contributed by atoms with van der Waals surface area (Å²) in [5.41, 5.74) is 0.428. The molecule has 0 bridgehead atoms. The third kappa shape index (κ3) is 1.96. The second-order valence-corrected chi connectivity index (χ2v) is 4.68. The molecular formula is C10H20O. The van der Waals surface area contributed by atoms with Crippen LogP contribution in [-0.4, -0.2) is 13.2 Å². The fourth-order valence-electron chi connectivity index (χ4n) is 2.20. The Morgan fingerprint density at radius 2 is 1.82 bits per heavy atom. The van der Waals surface area contributed by atoms with Gasteiger partial charge in [0, 0.05) is 7.11 Å². The molecule has 0 aromatic rings. The van der Waals surface area contributed by atoms with Gasteiger partial charge in [-0.25, -0.2) is 0 Å². The summed E-state index contributed by atoms with van der Waals surface area (Å²) < 4.78 is 5.45. The number of methoxy groups -OCH3 is 1. The summed E-state index contributed by atoms with van der Waals surface area (Å²) in [7, 11) is 1.84. The molecule has 1 nitrogen and oxygen atoms in total. The lowest BCUT2D eigenvalue weighted by molar-refractivity contribution is 0.0267. The Bertz CT molecular complexity index is 123. The highest BCUT2D eigenvalue weighted by atomic mass is 16.5. The average molecular weight is 156 g/mol. The second-order valence-electron chi connectivity index (χ2n) is 4.68. The van der Waals surface area contributed by atoms with E-state index >= 15 is 0 Å². The summed E-state index contributed by atoms with van der Waals surface area (Å²) >= 11 is 0. The molecule has 11 heavy (non-hydrogen) atoms. The van der Waals surface area contributed by atoms with Crippen LogP contribution in [0.4, 0.5) is 0 Å². The zero-order valence-corrected chi connectivity index (χ0v) is 8.18. The highest BCUT2D eigenvalue weighted by Crippen LogP contribution is 2.40. The second kappa shape index (κ2) is 3.14. The van der Waals surface area contributed by atoms with E-state index in [2.05, 4.69) is 20.8 Å². The normalized spacial score (nSPS) is 32.7. The highest BCUT2D eigenvalue weighted by Gasteiger charge is 2.35. The summed E-state index contributed by atoms with van der Waals surface area (Å²) in [6, 6.07) is 0. The van der Waals surface area contributed by atoms with Gasteiger partial charge in [0.1, 0.15) is 0 Å². The fraction of sp³-hybridized carbons (Fsp3) is 1.00. The molecule has 1 heteroatoms. The Labute approximate surface area is 70.1 Å². The van der Waals surface area contributed by atoms with Crippen LogP contribution in [0.25, 0.3) is 0 Å². The van der Waals surface area contributed by atoms with E-state index < -0.39 is 0 Å². The Morgan fingerprint density at radius 3 is 2.18 bits per heavy atom. The number of hydrogen-bond acceptors (Lipinski definition) is 1. The topological polar surface area (TPSA) is 9.23 Å². The maximum atomic E-state index is 5.45. The van der Waals surface area contributed by atoms with Crippen molar-refractivity contribution in [3.8, 4) is 0 Å². The lowest BCUT2D eigenvalue weighted by Crippen LogP contribution is -2.28. The van der Waals surface area contributed by atoms with Gasteiger partial charge in [0.2, 0.25) is 0 Å². The predicted molar refractivity (Wildman–Crippen MR) is 47.6 cm³/mol. The summed E-state index contributed by atoms with van der Waals surface area (Å²) in [6.07, 6.45) is 4.48. The minimum absolute atomic E-state index is 0.428. The number of rotatable bonds is 1. The minimum atomic E-state index is 0.428. The van der Waals surface area contributed by atoms with Crippen molar-refractivity contribution < 1.29 is 4.74 Å². The number of ether oxygens (including phenoxy) is 1. The van der Waals surface area contributed by atoms with Crippen LogP contribution in [0.1, 0.15) is 40.0 Å². The van der Waals surface area contributed by atoms with Gasteiger partial charge >= 0.3 is 0 Å². The monoisotopic (exact) mass is 156 g/mol. The van der Waals surface area contributed by atoms with Crippen molar-refractivity contribution in [1.29, 1.82) is 0 Å². The molecule has 0 aliphatic heterocycles. The van der Waals surface area contributed by atoms with E-state index in [1.807, 2.05) is 7.11 Å². The predicted octanol–water partition coefficient (Wildman–Crippen LogP) is 2.85. The van der Waals surface area contributed by atoms with Crippen molar-refractivity contribution in [1.82, 2.24) is 0 Å². The Hall–Kier alpha value is -0.0400. The van der Waals surface area contributed by atoms with Crippen LogP contribution in [0, 0.1) is 11.3 Å². The maximum Gasteiger partial charge on any atom is 0.0604 e. The molecule has 1 rings (SSSR count). The van der Waals surface area contributed by atoms with Gasteiger partial charge in [0.05, 0.1) is 6.10 Å². The van der Waals surface area contributed by atoms with Crippen LogP contribution in [0.5, 0.6) is 0 Å². The lowest BCUT2D eigenvalue weighted by Gasteiger charge is -2.31. The van der Waals surface area contributed by atoms with Gasteiger partial charge in [-0.05, 0) is 24.2 Å². The fourth-order valence-corrected chi connectivity index (χ4v) is 2.20. The van der Waals surface area contributed by atoms with Crippen molar-refractivity contribution in [2.45, 2.75) is 46.1 Å². The van der Waals surface area contributed by atoms with Crippen LogP contribution in [0.2, 0.25) is 0 Å². The smallest absolute Gasteiger partial charge is 0.0604 e. The first-order valence-corrected chi connectivity index (χ1v) is 4.58. The molecule has 1 saturated carbocycles. The van der Waals surface area contributed by atoms with E-state index in [1.54, 1.807) is 0 Å². The molecule has 0 saturated heterocycles. The van der Waals surface area contributed by atoms with Gasteiger partial charge in [-0.2, -0.15) is 0 Å². The van der Waals surface area contributed by atoms with Crippen molar-refractivity contribution >= 4 is 0 Å². The molecule has 1 aliphatic rings. The zero-order chi connectivity index (χ0) is 8.48. The molecular weight excluding hydrogens is 136 g/mol. The molecule has 0 N–H and O–H groups in total. The molecule has 0 unspecified atom stereocenters. The van der Waals surface area contributed by atoms with Crippen LogP contribution >= 0.6 is 0 Å².